The van der Waals surface area contributed by atoms with E-state index in [1.807, 2.05) is 0 Å². The van der Waals surface area contributed by atoms with Gasteiger partial charge in [0.2, 0.25) is 0 Å². The summed E-state index contributed by atoms with van der Waals surface area (Å²) in [5.41, 5.74) is 0. The Labute approximate surface area is 198 Å². The van der Waals surface area contributed by atoms with Gasteiger partial charge in [-0.25, -0.2) is 0 Å². The summed E-state index contributed by atoms with van der Waals surface area (Å²) in [5.74, 6) is 4.75. The zero-order chi connectivity index (χ0) is 24.3. The van der Waals surface area contributed by atoms with E-state index in [-0.39, 0.29) is 6.61 Å². The third-order valence-corrected chi connectivity index (χ3v) is 5.64. The molecule has 7 heteroatoms. The van der Waals surface area contributed by atoms with E-state index in [4.69, 9.17) is 23.7 Å². The Bertz CT molecular complexity index is 731. The average molecular weight is 465 g/mol. The molecular weight excluding hydrogens is 424 g/mol. The van der Waals surface area contributed by atoms with Crippen molar-refractivity contribution in [3.05, 3.63) is 11.8 Å². The lowest BCUT2D eigenvalue weighted by Crippen LogP contribution is -2.44. The topological polar surface area (TPSA) is 80.3 Å². The van der Waals surface area contributed by atoms with Crippen LogP contribution in [0.1, 0.15) is 92.4 Å². The summed E-state index contributed by atoms with van der Waals surface area (Å²) in [7, 11) is 0. The van der Waals surface area contributed by atoms with Crippen LogP contribution in [0.2, 0.25) is 0 Å². The van der Waals surface area contributed by atoms with Crippen LogP contribution in [0.4, 0.5) is 0 Å². The van der Waals surface area contributed by atoms with E-state index in [1.54, 1.807) is 19.9 Å². The summed E-state index contributed by atoms with van der Waals surface area (Å²) in [6.07, 6.45) is 9.56. The zero-order valence-corrected chi connectivity index (χ0v) is 20.8. The van der Waals surface area contributed by atoms with Gasteiger partial charge in [0.05, 0.1) is 6.61 Å². The summed E-state index contributed by atoms with van der Waals surface area (Å²) in [6.45, 7) is 8.73. The van der Waals surface area contributed by atoms with Crippen LogP contribution < -0.4 is 0 Å². The lowest BCUT2D eigenvalue weighted by molar-refractivity contribution is -0.173. The third-order valence-electron chi connectivity index (χ3n) is 5.64. The van der Waals surface area contributed by atoms with E-state index >= 15 is 0 Å². The van der Waals surface area contributed by atoms with Gasteiger partial charge >= 0.3 is 11.9 Å². The number of carbonyl (C=O) groups is 2. The molecule has 7 nitrogen and oxygen atoms in total. The van der Waals surface area contributed by atoms with Crippen molar-refractivity contribution in [1.82, 2.24) is 0 Å². The maximum atomic E-state index is 11.7. The number of allylic oxidation sites excluding steroid dienone is 1. The van der Waals surface area contributed by atoms with Crippen molar-refractivity contribution in [2.45, 2.75) is 123 Å². The minimum Gasteiger partial charge on any atom is -0.483 e. The van der Waals surface area contributed by atoms with Gasteiger partial charge in [-0.05, 0) is 20.3 Å². The van der Waals surface area contributed by atoms with Gasteiger partial charge in [-0.3, -0.25) is 9.59 Å². The fourth-order valence-electron chi connectivity index (χ4n) is 4.07. The largest absolute Gasteiger partial charge is 0.483 e. The molecule has 4 atom stereocenters. The Morgan fingerprint density at radius 2 is 1.67 bits per heavy atom. The first-order chi connectivity index (χ1) is 15.7. The Kier molecular flexibility index (Phi) is 11.2. The highest BCUT2D eigenvalue weighted by atomic mass is 16.8. The Morgan fingerprint density at radius 1 is 1.03 bits per heavy atom. The molecule has 0 N–H and O–H groups in total. The van der Waals surface area contributed by atoms with Crippen molar-refractivity contribution in [3.8, 4) is 11.8 Å². The second-order valence-corrected chi connectivity index (χ2v) is 9.15. The van der Waals surface area contributed by atoms with Gasteiger partial charge in [0, 0.05) is 26.3 Å². The highest BCUT2D eigenvalue weighted by Gasteiger charge is 2.53. The van der Waals surface area contributed by atoms with Crippen LogP contribution in [-0.2, 0) is 33.3 Å². The minimum atomic E-state index is -0.874. The summed E-state index contributed by atoms with van der Waals surface area (Å²) in [4.78, 5) is 23.5. The SMILES string of the molecule is CCCCCCCCCCC#C/C=C1\O[C@H]([C@H]2COC(C)(C)O2)[C@H](OC(C)=O)[C@H]1OC(C)=O. The van der Waals surface area contributed by atoms with Crippen molar-refractivity contribution in [2.24, 2.45) is 0 Å². The predicted octanol–water partition coefficient (Wildman–Crippen LogP) is 4.82. The standard InChI is InChI=1S/C26H40O7/c1-6-7-8-9-10-11-12-13-14-15-16-17-21-23(30-19(2)27)25(31-20(3)28)24(32-21)22-18-29-26(4,5)33-22/h17,22-25H,6-14,18H2,1-5H3/b21-17-/t22-,23+,24-,25-/m1/s1. The van der Waals surface area contributed by atoms with Gasteiger partial charge in [0.1, 0.15) is 11.9 Å². The van der Waals surface area contributed by atoms with Gasteiger partial charge in [0.15, 0.2) is 24.1 Å². The molecule has 2 rings (SSSR count). The second-order valence-electron chi connectivity index (χ2n) is 9.15. The third kappa shape index (κ3) is 9.38. The van der Waals surface area contributed by atoms with Crippen molar-refractivity contribution in [2.75, 3.05) is 6.61 Å². The van der Waals surface area contributed by atoms with Crippen LogP contribution in [0.15, 0.2) is 11.8 Å². The number of esters is 2. The average Bonchev–Trinajstić information content (AvgIpc) is 3.25. The maximum absolute atomic E-state index is 11.7. The molecule has 2 aliphatic heterocycles. The first-order valence-electron chi connectivity index (χ1n) is 12.2. The Balaban J connectivity index is 1.97. The molecular formula is C26H40O7. The highest BCUT2D eigenvalue weighted by Crippen LogP contribution is 2.36. The van der Waals surface area contributed by atoms with Gasteiger partial charge in [-0.2, -0.15) is 0 Å². The summed E-state index contributed by atoms with van der Waals surface area (Å²) < 4.78 is 28.6. The van der Waals surface area contributed by atoms with Gasteiger partial charge < -0.3 is 23.7 Å². The monoisotopic (exact) mass is 464 g/mol. The molecule has 33 heavy (non-hydrogen) atoms. The summed E-state index contributed by atoms with van der Waals surface area (Å²) in [5, 5.41) is 0. The van der Waals surface area contributed by atoms with Crippen molar-refractivity contribution in [1.29, 1.82) is 0 Å². The fraction of sp³-hybridized carbons (Fsp3) is 0.769. The fourth-order valence-corrected chi connectivity index (χ4v) is 4.07. The van der Waals surface area contributed by atoms with Crippen LogP contribution in [0.3, 0.4) is 0 Å². The van der Waals surface area contributed by atoms with E-state index in [2.05, 4.69) is 18.8 Å². The molecule has 2 fully saturated rings. The minimum absolute atomic E-state index is 0.277. The lowest BCUT2D eigenvalue weighted by atomic mass is 10.0. The summed E-state index contributed by atoms with van der Waals surface area (Å²) >= 11 is 0. The zero-order valence-electron chi connectivity index (χ0n) is 20.8. The lowest BCUT2D eigenvalue weighted by Gasteiger charge is -2.25. The Morgan fingerprint density at radius 3 is 2.24 bits per heavy atom. The number of hydrogen-bond acceptors (Lipinski definition) is 7. The number of unbranched alkanes of at least 4 members (excludes halogenated alkanes) is 8. The van der Waals surface area contributed by atoms with Crippen LogP contribution in [0.25, 0.3) is 0 Å². The molecule has 0 bridgehead atoms. The maximum Gasteiger partial charge on any atom is 0.303 e. The normalized spacial score (nSPS) is 27.0. The molecule has 0 unspecified atom stereocenters. The Hall–Kier alpha value is -2.04. The second kappa shape index (κ2) is 13.6. The van der Waals surface area contributed by atoms with Crippen LogP contribution in [-0.4, -0.2) is 48.7 Å². The molecule has 0 amide bonds. The van der Waals surface area contributed by atoms with E-state index < -0.39 is 42.1 Å². The molecule has 2 heterocycles. The molecule has 0 aliphatic carbocycles. The van der Waals surface area contributed by atoms with Gasteiger partial charge in [-0.1, -0.05) is 63.7 Å². The van der Waals surface area contributed by atoms with Gasteiger partial charge in [-0.15, -0.1) is 0 Å². The van der Waals surface area contributed by atoms with E-state index in [0.717, 1.165) is 12.8 Å². The molecule has 0 aromatic heterocycles. The van der Waals surface area contributed by atoms with Gasteiger partial charge in [0.25, 0.3) is 0 Å². The molecule has 0 aromatic carbocycles. The quantitative estimate of drug-likeness (QED) is 0.246. The van der Waals surface area contributed by atoms with Crippen molar-refractivity contribution >= 4 is 11.9 Å². The molecule has 0 spiro atoms. The van der Waals surface area contributed by atoms with Crippen molar-refractivity contribution in [3.63, 3.8) is 0 Å². The van der Waals surface area contributed by atoms with E-state index in [1.165, 1.54) is 58.8 Å². The van der Waals surface area contributed by atoms with Crippen LogP contribution in [0.5, 0.6) is 0 Å². The highest BCUT2D eigenvalue weighted by molar-refractivity contribution is 5.68. The molecule has 186 valence electrons. The number of hydrogen-bond donors (Lipinski definition) is 0. The molecule has 2 aliphatic rings. The van der Waals surface area contributed by atoms with Crippen molar-refractivity contribution < 1.29 is 33.3 Å². The van der Waals surface area contributed by atoms with Crippen LogP contribution >= 0.6 is 0 Å². The van der Waals surface area contributed by atoms with E-state index in [9.17, 15) is 9.59 Å². The molecule has 0 saturated carbocycles. The number of ether oxygens (including phenoxy) is 5. The molecule has 2 saturated heterocycles. The first kappa shape index (κ1) is 27.2. The molecule has 0 radical (unpaired) electrons. The summed E-state index contributed by atoms with van der Waals surface area (Å²) in [6, 6.07) is 0. The van der Waals surface area contributed by atoms with Crippen LogP contribution in [0, 0.1) is 11.8 Å². The molecule has 0 aromatic rings. The first-order valence-corrected chi connectivity index (χ1v) is 12.2. The predicted molar refractivity (Wildman–Crippen MR) is 124 cm³/mol. The smallest absolute Gasteiger partial charge is 0.303 e. The van der Waals surface area contributed by atoms with E-state index in [0.29, 0.717) is 5.76 Å². The number of rotatable bonds is 11. The number of carbonyl (C=O) groups excluding carboxylic acids is 2.